The zero-order valence-corrected chi connectivity index (χ0v) is 14.2. The van der Waals surface area contributed by atoms with Crippen molar-refractivity contribution in [2.45, 2.75) is 26.0 Å². The monoisotopic (exact) mass is 319 g/mol. The molecule has 0 aliphatic heterocycles. The lowest BCUT2D eigenvalue weighted by atomic mass is 10.1. The lowest BCUT2D eigenvalue weighted by Gasteiger charge is -2.24. The summed E-state index contributed by atoms with van der Waals surface area (Å²) >= 11 is 1.82. The Bertz CT molecular complexity index is 541. The van der Waals surface area contributed by atoms with Gasteiger partial charge in [-0.2, -0.15) is 0 Å². The molecule has 4 heteroatoms. The molecule has 0 bridgehead atoms. The maximum Gasteiger partial charge on any atom is 0.0707 e. The Morgan fingerprint density at radius 2 is 1.95 bits per heavy atom. The van der Waals surface area contributed by atoms with E-state index in [0.29, 0.717) is 19.6 Å². The molecule has 0 aliphatic carbocycles. The van der Waals surface area contributed by atoms with Gasteiger partial charge >= 0.3 is 0 Å². The number of nitrogens with zero attached hydrogens (tertiary/aromatic N) is 1. The van der Waals surface area contributed by atoms with Crippen LogP contribution in [0.25, 0.3) is 0 Å². The van der Waals surface area contributed by atoms with Gasteiger partial charge in [-0.1, -0.05) is 30.3 Å². The van der Waals surface area contributed by atoms with E-state index in [4.69, 9.17) is 4.74 Å². The number of ether oxygens (including phenoxy) is 1. The first-order valence-corrected chi connectivity index (χ1v) is 8.47. The minimum atomic E-state index is -0.361. The van der Waals surface area contributed by atoms with Crippen molar-refractivity contribution in [3.63, 3.8) is 0 Å². The van der Waals surface area contributed by atoms with Crippen LogP contribution >= 0.6 is 11.3 Å². The molecule has 1 aromatic carbocycles. The van der Waals surface area contributed by atoms with Crippen LogP contribution in [0.5, 0.6) is 0 Å². The Balaban J connectivity index is 1.90. The van der Waals surface area contributed by atoms with Gasteiger partial charge in [-0.05, 0) is 31.0 Å². The fourth-order valence-corrected chi connectivity index (χ4v) is 3.43. The minimum Gasteiger partial charge on any atom is -0.391 e. The first-order valence-electron chi connectivity index (χ1n) is 7.66. The Labute approximate surface area is 137 Å². The van der Waals surface area contributed by atoms with E-state index in [1.54, 1.807) is 7.11 Å². The lowest BCUT2D eigenvalue weighted by Crippen LogP contribution is -2.35. The summed E-state index contributed by atoms with van der Waals surface area (Å²) in [5, 5.41) is 10.4. The van der Waals surface area contributed by atoms with Crippen molar-refractivity contribution in [2.75, 3.05) is 26.8 Å². The summed E-state index contributed by atoms with van der Waals surface area (Å²) in [6.07, 6.45) is 0.327. The van der Waals surface area contributed by atoms with E-state index in [-0.39, 0.29) is 6.10 Å². The second-order valence-corrected chi connectivity index (χ2v) is 6.96. The zero-order valence-electron chi connectivity index (χ0n) is 13.4. The van der Waals surface area contributed by atoms with E-state index in [2.05, 4.69) is 36.1 Å². The summed E-state index contributed by atoms with van der Waals surface area (Å²) in [5.74, 6) is 0. The Hall–Kier alpha value is -1.20. The van der Waals surface area contributed by atoms with Crippen molar-refractivity contribution < 1.29 is 9.84 Å². The fourth-order valence-electron chi connectivity index (χ4n) is 2.49. The number of aliphatic hydroxyl groups is 1. The summed E-state index contributed by atoms with van der Waals surface area (Å²) in [6.45, 7) is 5.17. The van der Waals surface area contributed by atoms with Gasteiger partial charge in [0.2, 0.25) is 0 Å². The highest BCUT2D eigenvalue weighted by atomic mass is 32.1. The standard InChI is InChI=1S/C18H25NO2S/c1-15-8-9-18(22-15)14-19(10-11-21-2)13-17(20)12-16-6-4-3-5-7-16/h3-9,17,20H,10-14H2,1-2H3. The highest BCUT2D eigenvalue weighted by molar-refractivity contribution is 7.11. The second kappa shape index (κ2) is 9.06. The third-order valence-corrected chi connectivity index (χ3v) is 4.56. The first kappa shape index (κ1) is 17.2. The van der Waals surface area contributed by atoms with Crippen molar-refractivity contribution in [3.8, 4) is 0 Å². The van der Waals surface area contributed by atoms with E-state index in [9.17, 15) is 5.11 Å². The molecule has 0 saturated carbocycles. The summed E-state index contributed by atoms with van der Waals surface area (Å²) < 4.78 is 5.20. The Kier molecular flexibility index (Phi) is 7.06. The van der Waals surface area contributed by atoms with Gasteiger partial charge < -0.3 is 9.84 Å². The van der Waals surface area contributed by atoms with Crippen LogP contribution in [0.4, 0.5) is 0 Å². The van der Waals surface area contributed by atoms with Crippen molar-refractivity contribution in [3.05, 3.63) is 57.8 Å². The SMILES string of the molecule is COCCN(Cc1ccc(C)s1)CC(O)Cc1ccccc1. The highest BCUT2D eigenvalue weighted by Crippen LogP contribution is 2.17. The van der Waals surface area contributed by atoms with Crippen molar-refractivity contribution in [1.29, 1.82) is 0 Å². The van der Waals surface area contributed by atoms with E-state index in [0.717, 1.165) is 13.1 Å². The largest absolute Gasteiger partial charge is 0.391 e. The number of benzene rings is 1. The summed E-state index contributed by atoms with van der Waals surface area (Å²) in [7, 11) is 1.72. The van der Waals surface area contributed by atoms with Crippen LogP contribution in [0.1, 0.15) is 15.3 Å². The molecular formula is C18H25NO2S. The third kappa shape index (κ3) is 5.89. The molecule has 0 fully saturated rings. The molecule has 3 nitrogen and oxygen atoms in total. The highest BCUT2D eigenvalue weighted by Gasteiger charge is 2.13. The molecular weight excluding hydrogens is 294 g/mol. The third-order valence-electron chi connectivity index (χ3n) is 3.57. The summed E-state index contributed by atoms with van der Waals surface area (Å²) in [5.41, 5.74) is 1.17. The minimum absolute atomic E-state index is 0.361. The molecule has 0 amide bonds. The molecule has 0 radical (unpaired) electrons. The van der Waals surface area contributed by atoms with E-state index in [1.165, 1.54) is 15.3 Å². The molecule has 1 aromatic heterocycles. The van der Waals surface area contributed by atoms with E-state index < -0.39 is 0 Å². The van der Waals surface area contributed by atoms with Gasteiger partial charge in [0.15, 0.2) is 0 Å². The van der Waals surface area contributed by atoms with Crippen LogP contribution in [0, 0.1) is 6.92 Å². The summed E-state index contributed by atoms with van der Waals surface area (Å²) in [6, 6.07) is 14.5. The molecule has 1 unspecified atom stereocenters. The van der Waals surface area contributed by atoms with Crippen LogP contribution in [0.3, 0.4) is 0 Å². The second-order valence-electron chi connectivity index (χ2n) is 5.58. The number of aliphatic hydroxyl groups excluding tert-OH is 1. The molecule has 120 valence electrons. The molecule has 1 heterocycles. The maximum absolute atomic E-state index is 10.4. The van der Waals surface area contributed by atoms with Crippen molar-refractivity contribution in [1.82, 2.24) is 4.90 Å². The maximum atomic E-state index is 10.4. The number of hydrogen-bond acceptors (Lipinski definition) is 4. The van der Waals surface area contributed by atoms with E-state index in [1.807, 2.05) is 29.5 Å². The molecule has 1 N–H and O–H groups in total. The Morgan fingerprint density at radius 1 is 1.18 bits per heavy atom. The Morgan fingerprint density at radius 3 is 2.59 bits per heavy atom. The predicted molar refractivity (Wildman–Crippen MR) is 92.4 cm³/mol. The molecule has 2 aromatic rings. The van der Waals surface area contributed by atoms with Crippen LogP contribution in [0.15, 0.2) is 42.5 Å². The van der Waals surface area contributed by atoms with Gasteiger partial charge in [-0.25, -0.2) is 0 Å². The predicted octanol–water partition coefficient (Wildman–Crippen LogP) is 3.11. The van der Waals surface area contributed by atoms with Crippen molar-refractivity contribution in [2.24, 2.45) is 0 Å². The topological polar surface area (TPSA) is 32.7 Å². The molecule has 2 rings (SSSR count). The van der Waals surface area contributed by atoms with Gasteiger partial charge in [0.25, 0.3) is 0 Å². The molecule has 22 heavy (non-hydrogen) atoms. The quantitative estimate of drug-likeness (QED) is 0.771. The van der Waals surface area contributed by atoms with Gasteiger partial charge in [0, 0.05) is 36.5 Å². The molecule has 0 aliphatic rings. The number of thiophene rings is 1. The van der Waals surface area contributed by atoms with Crippen LogP contribution in [-0.2, 0) is 17.7 Å². The number of rotatable bonds is 9. The number of hydrogen-bond donors (Lipinski definition) is 1. The normalized spacial score (nSPS) is 12.7. The van der Waals surface area contributed by atoms with Gasteiger partial charge in [-0.3, -0.25) is 4.90 Å². The molecule has 1 atom stereocenters. The van der Waals surface area contributed by atoms with Crippen LogP contribution < -0.4 is 0 Å². The lowest BCUT2D eigenvalue weighted by molar-refractivity contribution is 0.0857. The molecule has 0 spiro atoms. The fraction of sp³-hybridized carbons (Fsp3) is 0.444. The van der Waals surface area contributed by atoms with Crippen LogP contribution in [0.2, 0.25) is 0 Å². The van der Waals surface area contributed by atoms with E-state index >= 15 is 0 Å². The smallest absolute Gasteiger partial charge is 0.0707 e. The average Bonchev–Trinajstić information content (AvgIpc) is 2.91. The van der Waals surface area contributed by atoms with Crippen molar-refractivity contribution >= 4 is 11.3 Å². The first-order chi connectivity index (χ1) is 10.7. The van der Waals surface area contributed by atoms with Gasteiger partial charge in [-0.15, -0.1) is 11.3 Å². The van der Waals surface area contributed by atoms with Crippen LogP contribution in [-0.4, -0.2) is 42.9 Å². The summed E-state index contributed by atoms with van der Waals surface area (Å²) in [4.78, 5) is 4.93. The van der Waals surface area contributed by atoms with Gasteiger partial charge in [0.05, 0.1) is 12.7 Å². The number of aryl methyl sites for hydroxylation is 1. The zero-order chi connectivity index (χ0) is 15.8. The average molecular weight is 319 g/mol. The van der Waals surface area contributed by atoms with Gasteiger partial charge in [0.1, 0.15) is 0 Å². The molecule has 0 saturated heterocycles. The number of methoxy groups -OCH3 is 1.